The molecule has 0 bridgehead atoms. The zero-order valence-electron chi connectivity index (χ0n) is 18.8. The largest absolute Gasteiger partial charge is 0.497 e. The molecule has 0 N–H and O–H groups in total. The molecule has 0 saturated carbocycles. The summed E-state index contributed by atoms with van der Waals surface area (Å²) in [4.78, 5) is 11.7. The molecule has 4 heterocycles. The quantitative estimate of drug-likeness (QED) is 0.424. The van der Waals surface area contributed by atoms with Crippen LogP contribution in [0.15, 0.2) is 67.3 Å². The second kappa shape index (κ2) is 9.43. The summed E-state index contributed by atoms with van der Waals surface area (Å²) in [6.45, 7) is 3.85. The first-order valence-electron chi connectivity index (χ1n) is 11.4. The lowest BCUT2D eigenvalue weighted by atomic mass is 9.99. The Kier molecular flexibility index (Phi) is 6.05. The van der Waals surface area contributed by atoms with E-state index in [0.29, 0.717) is 0 Å². The highest BCUT2D eigenvalue weighted by atomic mass is 16.5. The van der Waals surface area contributed by atoms with Gasteiger partial charge in [-0.15, -0.1) is 0 Å². The Balaban J connectivity index is 1.43. The highest BCUT2D eigenvalue weighted by Gasteiger charge is 2.19. The first-order valence-corrected chi connectivity index (χ1v) is 11.4. The second-order valence-electron chi connectivity index (χ2n) is 8.55. The van der Waals surface area contributed by atoms with Crippen LogP contribution in [0.3, 0.4) is 0 Å². The fourth-order valence-corrected chi connectivity index (χ4v) is 4.60. The van der Waals surface area contributed by atoms with E-state index in [1.54, 1.807) is 7.11 Å². The normalized spacial score (nSPS) is 14.9. The zero-order chi connectivity index (χ0) is 22.6. The molecular formula is C27H27N5O. The van der Waals surface area contributed by atoms with Crippen molar-refractivity contribution < 1.29 is 4.74 Å². The molecule has 0 atom stereocenters. The molecule has 5 rings (SSSR count). The van der Waals surface area contributed by atoms with Crippen molar-refractivity contribution in [3.8, 4) is 34.1 Å². The predicted octanol–water partition coefficient (Wildman–Crippen LogP) is 5.01. The van der Waals surface area contributed by atoms with Gasteiger partial charge in [-0.25, -0.2) is 0 Å². The number of ether oxygens (including phenoxy) is 1. The van der Waals surface area contributed by atoms with Gasteiger partial charge in [-0.1, -0.05) is 12.1 Å². The molecule has 0 radical (unpaired) electrons. The van der Waals surface area contributed by atoms with Crippen LogP contribution in [0.25, 0.3) is 33.3 Å². The summed E-state index contributed by atoms with van der Waals surface area (Å²) in [5.74, 6) is 1.05. The van der Waals surface area contributed by atoms with Gasteiger partial charge in [-0.2, -0.15) is 5.26 Å². The summed E-state index contributed by atoms with van der Waals surface area (Å²) >= 11 is 0. The first kappa shape index (κ1) is 21.2. The van der Waals surface area contributed by atoms with Gasteiger partial charge in [-0.3, -0.25) is 9.97 Å². The van der Waals surface area contributed by atoms with E-state index in [-0.39, 0.29) is 5.92 Å². The van der Waals surface area contributed by atoms with Crippen LogP contribution in [0.5, 0.6) is 5.75 Å². The van der Waals surface area contributed by atoms with E-state index >= 15 is 0 Å². The lowest BCUT2D eigenvalue weighted by molar-refractivity contribution is 0.200. The van der Waals surface area contributed by atoms with E-state index < -0.39 is 0 Å². The minimum Gasteiger partial charge on any atom is -0.497 e. The number of nitriles is 1. The van der Waals surface area contributed by atoms with E-state index in [9.17, 15) is 0 Å². The molecule has 6 nitrogen and oxygen atoms in total. The smallest absolute Gasteiger partial charge is 0.119 e. The van der Waals surface area contributed by atoms with Crippen LogP contribution in [0.1, 0.15) is 12.8 Å². The fourth-order valence-electron chi connectivity index (χ4n) is 4.60. The predicted molar refractivity (Wildman–Crippen MR) is 130 cm³/mol. The Labute approximate surface area is 194 Å². The molecule has 1 saturated heterocycles. The van der Waals surface area contributed by atoms with Crippen LogP contribution < -0.4 is 4.74 Å². The minimum absolute atomic E-state index is 0.217. The van der Waals surface area contributed by atoms with Gasteiger partial charge in [0.15, 0.2) is 0 Å². The van der Waals surface area contributed by atoms with Crippen molar-refractivity contribution in [2.24, 2.45) is 5.92 Å². The van der Waals surface area contributed by atoms with Crippen molar-refractivity contribution in [3.63, 3.8) is 0 Å². The van der Waals surface area contributed by atoms with Crippen molar-refractivity contribution >= 4 is 11.0 Å². The molecule has 1 aliphatic rings. The Hall–Kier alpha value is -3.69. The number of hydrogen-bond acceptors (Lipinski definition) is 5. The number of rotatable bonds is 6. The molecule has 166 valence electrons. The van der Waals surface area contributed by atoms with Crippen molar-refractivity contribution in [2.45, 2.75) is 19.4 Å². The van der Waals surface area contributed by atoms with Crippen LogP contribution >= 0.6 is 0 Å². The number of fused-ring (bicyclic) bond motifs is 1. The molecule has 0 spiro atoms. The number of likely N-dealkylation sites (tertiary alicyclic amines) is 1. The van der Waals surface area contributed by atoms with Gasteiger partial charge in [0.1, 0.15) is 5.75 Å². The van der Waals surface area contributed by atoms with Crippen LogP contribution in [-0.2, 0) is 6.54 Å². The highest BCUT2D eigenvalue weighted by molar-refractivity contribution is 5.93. The summed E-state index contributed by atoms with van der Waals surface area (Å²) in [7, 11) is 1.68. The lowest BCUT2D eigenvalue weighted by Crippen LogP contribution is -2.35. The molecular weight excluding hydrogens is 410 g/mol. The van der Waals surface area contributed by atoms with Gasteiger partial charge in [0, 0.05) is 60.5 Å². The number of aromatic nitrogens is 3. The van der Waals surface area contributed by atoms with Crippen LogP contribution in [0.4, 0.5) is 0 Å². The molecule has 6 heteroatoms. The molecule has 1 aromatic carbocycles. The maximum atomic E-state index is 9.14. The summed E-state index contributed by atoms with van der Waals surface area (Å²) in [6, 6.07) is 16.7. The molecule has 0 amide bonds. The van der Waals surface area contributed by atoms with Gasteiger partial charge in [0.05, 0.1) is 24.2 Å². The van der Waals surface area contributed by atoms with Crippen LogP contribution in [0, 0.1) is 17.2 Å². The van der Waals surface area contributed by atoms with E-state index in [1.807, 2.05) is 42.9 Å². The first-order chi connectivity index (χ1) is 16.2. The Morgan fingerprint density at radius 1 is 1.03 bits per heavy atom. The molecule has 3 aromatic heterocycles. The van der Waals surface area contributed by atoms with Gasteiger partial charge in [0.2, 0.25) is 0 Å². The molecule has 1 fully saturated rings. The van der Waals surface area contributed by atoms with Gasteiger partial charge in [-0.05, 0) is 61.8 Å². The molecule has 1 aliphatic heterocycles. The topological polar surface area (TPSA) is 67.0 Å². The van der Waals surface area contributed by atoms with E-state index in [1.165, 1.54) is 0 Å². The summed E-state index contributed by atoms with van der Waals surface area (Å²) in [5, 5.41) is 9.14. The number of nitrogens with zero attached hydrogens (tertiary/aromatic N) is 5. The standard InChI is InChI=1S/C27H27N5O/c1-33-24-5-2-4-21(15-24)22-14-23(18-29-17-22)25-19-32(26-6-3-9-30-27(25)26)13-12-31-10-7-20(16-28)8-11-31/h2-6,9,14-15,17-20H,7-8,10-13H2,1H3. The number of piperidine rings is 1. The van der Waals surface area contributed by atoms with Gasteiger partial charge >= 0.3 is 0 Å². The van der Waals surface area contributed by atoms with E-state index in [0.717, 1.165) is 78.1 Å². The summed E-state index contributed by atoms with van der Waals surface area (Å²) in [6.07, 6.45) is 9.78. The maximum Gasteiger partial charge on any atom is 0.119 e. The van der Waals surface area contributed by atoms with Crippen molar-refractivity contribution in [3.05, 3.63) is 67.3 Å². The second-order valence-corrected chi connectivity index (χ2v) is 8.55. The van der Waals surface area contributed by atoms with Crippen LogP contribution in [0.2, 0.25) is 0 Å². The monoisotopic (exact) mass is 437 g/mol. The minimum atomic E-state index is 0.217. The third-order valence-electron chi connectivity index (χ3n) is 6.52. The van der Waals surface area contributed by atoms with Crippen molar-refractivity contribution in [1.82, 2.24) is 19.4 Å². The third kappa shape index (κ3) is 4.46. The molecule has 0 aliphatic carbocycles. The van der Waals surface area contributed by atoms with Crippen LogP contribution in [-0.4, -0.2) is 46.2 Å². The van der Waals surface area contributed by atoms with Gasteiger partial charge < -0.3 is 14.2 Å². The highest BCUT2D eigenvalue weighted by Crippen LogP contribution is 2.32. The Morgan fingerprint density at radius 3 is 2.70 bits per heavy atom. The van der Waals surface area contributed by atoms with Gasteiger partial charge in [0.25, 0.3) is 0 Å². The molecule has 4 aromatic rings. The summed E-state index contributed by atoms with van der Waals surface area (Å²) in [5.41, 5.74) is 6.37. The Morgan fingerprint density at radius 2 is 1.88 bits per heavy atom. The lowest BCUT2D eigenvalue weighted by Gasteiger charge is -2.29. The van der Waals surface area contributed by atoms with E-state index in [4.69, 9.17) is 15.0 Å². The SMILES string of the molecule is COc1cccc(-c2cncc(-c3cn(CCN4CCC(C#N)CC4)c4cccnc34)c2)c1. The number of pyridine rings is 2. The third-order valence-corrected chi connectivity index (χ3v) is 6.52. The average molecular weight is 438 g/mol. The Bertz CT molecular complexity index is 1300. The van der Waals surface area contributed by atoms with Crippen molar-refractivity contribution in [1.29, 1.82) is 5.26 Å². The maximum absolute atomic E-state index is 9.14. The number of methoxy groups -OCH3 is 1. The van der Waals surface area contributed by atoms with E-state index in [2.05, 4.69) is 44.9 Å². The van der Waals surface area contributed by atoms with Crippen molar-refractivity contribution in [2.75, 3.05) is 26.7 Å². The number of benzene rings is 1. The molecule has 0 unspecified atom stereocenters. The fraction of sp³-hybridized carbons (Fsp3) is 0.296. The average Bonchev–Trinajstić information content (AvgIpc) is 3.26. The number of hydrogen-bond donors (Lipinski definition) is 0. The zero-order valence-corrected chi connectivity index (χ0v) is 18.8. The molecule has 33 heavy (non-hydrogen) atoms. The summed E-state index contributed by atoms with van der Waals surface area (Å²) < 4.78 is 7.69.